The van der Waals surface area contributed by atoms with Crippen LogP contribution in [0.25, 0.3) is 0 Å². The van der Waals surface area contributed by atoms with Gasteiger partial charge in [-0.15, -0.1) is 0 Å². The molecule has 0 radical (unpaired) electrons. The minimum absolute atomic E-state index is 0.0669. The van der Waals surface area contributed by atoms with Crippen molar-refractivity contribution in [2.75, 3.05) is 0 Å². The van der Waals surface area contributed by atoms with E-state index in [9.17, 15) is 0 Å². The van der Waals surface area contributed by atoms with Crippen molar-refractivity contribution in [2.45, 2.75) is 46.0 Å². The average Bonchev–Trinajstić information content (AvgIpc) is 2.47. The number of hydrogen-bond acceptors (Lipinski definition) is 0. The van der Waals surface area contributed by atoms with Crippen LogP contribution in [0.3, 0.4) is 0 Å². The Bertz CT molecular complexity index is 535. The molecule has 0 aliphatic heterocycles. The van der Waals surface area contributed by atoms with Gasteiger partial charge in [-0.2, -0.15) is 0 Å². The Labute approximate surface area is 117 Å². The van der Waals surface area contributed by atoms with Gasteiger partial charge in [0.25, 0.3) is 0 Å². The molecular formula is C19H24. The van der Waals surface area contributed by atoms with Gasteiger partial charge in [0.2, 0.25) is 0 Å². The summed E-state index contributed by atoms with van der Waals surface area (Å²) in [4.78, 5) is 0. The predicted octanol–water partition coefficient (Wildman–Crippen LogP) is 5.14. The molecule has 0 heteroatoms. The Morgan fingerprint density at radius 1 is 0.737 bits per heavy atom. The first kappa shape index (κ1) is 13.9. The molecule has 0 saturated heterocycles. The first-order valence-electron chi connectivity index (χ1n) is 7.27. The summed E-state index contributed by atoms with van der Waals surface area (Å²) in [6.45, 7) is 9.09. The zero-order valence-electron chi connectivity index (χ0n) is 12.5. The van der Waals surface area contributed by atoms with Crippen LogP contribution in [0.5, 0.6) is 0 Å². The zero-order chi connectivity index (χ0) is 13.9. The molecule has 0 saturated carbocycles. The van der Waals surface area contributed by atoms with Crippen LogP contribution in [0, 0.1) is 0 Å². The van der Waals surface area contributed by atoms with E-state index in [1.165, 1.54) is 22.3 Å². The first-order valence-corrected chi connectivity index (χ1v) is 7.27. The summed E-state index contributed by atoms with van der Waals surface area (Å²) in [6.07, 6.45) is 2.23. The van der Waals surface area contributed by atoms with Crippen molar-refractivity contribution in [3.8, 4) is 0 Å². The van der Waals surface area contributed by atoms with Gasteiger partial charge in [-0.05, 0) is 35.1 Å². The highest BCUT2D eigenvalue weighted by Gasteiger charge is 2.23. The quantitative estimate of drug-likeness (QED) is 0.707. The van der Waals surface area contributed by atoms with Crippen LogP contribution in [0.4, 0.5) is 0 Å². The summed E-state index contributed by atoms with van der Waals surface area (Å²) in [7, 11) is 0. The lowest BCUT2D eigenvalue weighted by atomic mass is 9.77. The van der Waals surface area contributed by atoms with Gasteiger partial charge in [0.05, 0.1) is 0 Å². The highest BCUT2D eigenvalue weighted by atomic mass is 14.3. The number of rotatable bonds is 4. The van der Waals surface area contributed by atoms with Gasteiger partial charge in [-0.1, -0.05) is 76.2 Å². The largest absolute Gasteiger partial charge is 0.0622 e. The lowest BCUT2D eigenvalue weighted by Crippen LogP contribution is -2.19. The van der Waals surface area contributed by atoms with E-state index < -0.39 is 0 Å². The monoisotopic (exact) mass is 252 g/mol. The second-order valence-electron chi connectivity index (χ2n) is 5.68. The Hall–Kier alpha value is -1.56. The van der Waals surface area contributed by atoms with Gasteiger partial charge in [0.15, 0.2) is 0 Å². The minimum atomic E-state index is 0.0669. The van der Waals surface area contributed by atoms with Gasteiger partial charge in [0, 0.05) is 5.41 Å². The third-order valence-electron chi connectivity index (χ3n) is 4.19. The molecule has 0 bridgehead atoms. The number of benzene rings is 2. The van der Waals surface area contributed by atoms with Gasteiger partial charge >= 0.3 is 0 Å². The average molecular weight is 252 g/mol. The predicted molar refractivity (Wildman–Crippen MR) is 83.8 cm³/mol. The molecule has 19 heavy (non-hydrogen) atoms. The van der Waals surface area contributed by atoms with Crippen LogP contribution in [0.15, 0.2) is 48.5 Å². The number of aryl methyl sites for hydroxylation is 2. The molecule has 2 aromatic rings. The Morgan fingerprint density at radius 2 is 1.37 bits per heavy atom. The highest BCUT2D eigenvalue weighted by Crippen LogP contribution is 2.32. The Balaban J connectivity index is 2.46. The van der Waals surface area contributed by atoms with E-state index in [-0.39, 0.29) is 5.41 Å². The molecule has 0 amide bonds. The van der Waals surface area contributed by atoms with Crippen LogP contribution in [0.2, 0.25) is 0 Å². The van der Waals surface area contributed by atoms with Crippen LogP contribution >= 0.6 is 0 Å². The number of hydrogen-bond donors (Lipinski definition) is 0. The fourth-order valence-electron chi connectivity index (χ4n) is 2.71. The molecule has 0 unspecified atom stereocenters. The summed E-state index contributed by atoms with van der Waals surface area (Å²) in [5, 5.41) is 0. The van der Waals surface area contributed by atoms with Gasteiger partial charge in [-0.3, -0.25) is 0 Å². The second-order valence-corrected chi connectivity index (χ2v) is 5.68. The maximum atomic E-state index is 2.39. The van der Waals surface area contributed by atoms with Crippen molar-refractivity contribution in [1.29, 1.82) is 0 Å². The molecule has 0 aromatic heterocycles. The van der Waals surface area contributed by atoms with E-state index in [2.05, 4.69) is 76.2 Å². The summed E-state index contributed by atoms with van der Waals surface area (Å²) in [6, 6.07) is 17.8. The molecule has 0 spiro atoms. The molecule has 2 rings (SSSR count). The Morgan fingerprint density at radius 3 is 1.95 bits per heavy atom. The van der Waals surface area contributed by atoms with E-state index in [1.807, 2.05) is 0 Å². The maximum absolute atomic E-state index is 2.39. The van der Waals surface area contributed by atoms with Gasteiger partial charge in [-0.25, -0.2) is 0 Å². The lowest BCUT2D eigenvalue weighted by molar-refractivity contribution is 0.639. The van der Waals surface area contributed by atoms with Crippen molar-refractivity contribution in [3.63, 3.8) is 0 Å². The lowest BCUT2D eigenvalue weighted by Gasteiger charge is -2.27. The maximum Gasteiger partial charge on any atom is 0.0146 e. The molecule has 0 aliphatic carbocycles. The molecule has 0 nitrogen and oxygen atoms in total. The fourth-order valence-corrected chi connectivity index (χ4v) is 2.71. The zero-order valence-corrected chi connectivity index (χ0v) is 12.5. The van der Waals surface area contributed by atoms with Crippen LogP contribution in [-0.2, 0) is 18.3 Å². The van der Waals surface area contributed by atoms with E-state index in [0.717, 1.165) is 12.8 Å². The summed E-state index contributed by atoms with van der Waals surface area (Å²) < 4.78 is 0. The molecule has 2 aromatic carbocycles. The van der Waals surface area contributed by atoms with Crippen molar-refractivity contribution < 1.29 is 0 Å². The van der Waals surface area contributed by atoms with Gasteiger partial charge in [0.1, 0.15) is 0 Å². The summed E-state index contributed by atoms with van der Waals surface area (Å²) >= 11 is 0. The van der Waals surface area contributed by atoms with E-state index >= 15 is 0 Å². The molecule has 0 fully saturated rings. The van der Waals surface area contributed by atoms with E-state index in [1.54, 1.807) is 0 Å². The fraction of sp³-hybridized carbons (Fsp3) is 0.368. The highest BCUT2D eigenvalue weighted by molar-refractivity contribution is 5.42. The van der Waals surface area contributed by atoms with E-state index in [0.29, 0.717) is 0 Å². The molecular weight excluding hydrogens is 228 g/mol. The molecule has 0 aliphatic rings. The van der Waals surface area contributed by atoms with Crippen LogP contribution < -0.4 is 0 Å². The van der Waals surface area contributed by atoms with Crippen LogP contribution in [0.1, 0.15) is 49.9 Å². The van der Waals surface area contributed by atoms with Crippen molar-refractivity contribution >= 4 is 0 Å². The van der Waals surface area contributed by atoms with Crippen molar-refractivity contribution in [3.05, 3.63) is 70.8 Å². The SMILES string of the molecule is CCc1ccc(C(C)(C)c2ccccc2)cc1CC. The topological polar surface area (TPSA) is 0 Å². The smallest absolute Gasteiger partial charge is 0.0146 e. The molecule has 0 atom stereocenters. The third-order valence-corrected chi connectivity index (χ3v) is 4.19. The molecule has 0 N–H and O–H groups in total. The Kier molecular flexibility index (Phi) is 4.09. The summed E-state index contributed by atoms with van der Waals surface area (Å²) in [5.41, 5.74) is 5.82. The van der Waals surface area contributed by atoms with Crippen molar-refractivity contribution in [2.24, 2.45) is 0 Å². The minimum Gasteiger partial charge on any atom is -0.0622 e. The molecule has 0 heterocycles. The summed E-state index contributed by atoms with van der Waals surface area (Å²) in [5.74, 6) is 0. The standard InChI is InChI=1S/C19H24/c1-5-15-12-13-18(14-16(15)6-2)19(3,4)17-10-8-7-9-11-17/h7-14H,5-6H2,1-4H3. The van der Waals surface area contributed by atoms with Crippen molar-refractivity contribution in [1.82, 2.24) is 0 Å². The van der Waals surface area contributed by atoms with Gasteiger partial charge < -0.3 is 0 Å². The molecule has 100 valence electrons. The normalized spacial score (nSPS) is 11.6. The first-order chi connectivity index (χ1) is 9.09. The third kappa shape index (κ3) is 2.73. The van der Waals surface area contributed by atoms with Crippen LogP contribution in [-0.4, -0.2) is 0 Å². The van der Waals surface area contributed by atoms with E-state index in [4.69, 9.17) is 0 Å². The second kappa shape index (κ2) is 5.61.